The second-order valence-electron chi connectivity index (χ2n) is 4.63. The number of hydrogen-bond donors (Lipinski definition) is 0. The third-order valence-corrected chi connectivity index (χ3v) is 3.70. The SMILES string of the molecule is C=C1CC1C1CCCCC1C(C)=O. The van der Waals surface area contributed by atoms with Crippen LogP contribution in [0.15, 0.2) is 12.2 Å². The first kappa shape index (κ1) is 8.98. The van der Waals surface area contributed by atoms with Crippen molar-refractivity contribution in [2.45, 2.75) is 39.0 Å². The van der Waals surface area contributed by atoms with Crippen LogP contribution in [0.4, 0.5) is 0 Å². The van der Waals surface area contributed by atoms with E-state index in [1.165, 1.54) is 31.3 Å². The Morgan fingerprint density at radius 2 is 2.00 bits per heavy atom. The monoisotopic (exact) mass is 178 g/mol. The van der Waals surface area contributed by atoms with Crippen molar-refractivity contribution in [3.05, 3.63) is 12.2 Å². The maximum Gasteiger partial charge on any atom is 0.133 e. The summed E-state index contributed by atoms with van der Waals surface area (Å²) in [4.78, 5) is 11.4. The molecule has 0 aromatic rings. The lowest BCUT2D eigenvalue weighted by molar-refractivity contribution is -0.123. The summed E-state index contributed by atoms with van der Waals surface area (Å²) in [6.45, 7) is 5.76. The molecule has 0 amide bonds. The molecule has 0 radical (unpaired) electrons. The molecule has 3 unspecified atom stereocenters. The molecular weight excluding hydrogens is 160 g/mol. The van der Waals surface area contributed by atoms with Crippen molar-refractivity contribution in [3.63, 3.8) is 0 Å². The lowest BCUT2D eigenvalue weighted by Gasteiger charge is -2.29. The second kappa shape index (κ2) is 3.28. The van der Waals surface area contributed by atoms with Crippen LogP contribution in [0.5, 0.6) is 0 Å². The Labute approximate surface area is 80.2 Å². The topological polar surface area (TPSA) is 17.1 Å². The van der Waals surface area contributed by atoms with E-state index in [0.717, 1.165) is 6.42 Å². The number of rotatable bonds is 2. The summed E-state index contributed by atoms with van der Waals surface area (Å²) in [5.74, 6) is 2.12. The molecule has 2 aliphatic carbocycles. The first-order valence-corrected chi connectivity index (χ1v) is 5.38. The highest BCUT2D eigenvalue weighted by molar-refractivity contribution is 5.78. The molecule has 2 aliphatic rings. The standard InChI is InChI=1S/C12H18O/c1-8-7-12(8)11-6-4-3-5-10(11)9(2)13/h10-12H,1,3-7H2,2H3. The molecule has 0 aromatic carbocycles. The second-order valence-corrected chi connectivity index (χ2v) is 4.63. The van der Waals surface area contributed by atoms with Gasteiger partial charge in [0.1, 0.15) is 5.78 Å². The predicted octanol–water partition coefficient (Wildman–Crippen LogP) is 2.96. The third-order valence-electron chi connectivity index (χ3n) is 3.70. The van der Waals surface area contributed by atoms with Crippen molar-refractivity contribution in [2.24, 2.45) is 17.8 Å². The van der Waals surface area contributed by atoms with Crippen LogP contribution in [-0.2, 0) is 4.79 Å². The summed E-state index contributed by atoms with van der Waals surface area (Å²) in [5, 5.41) is 0. The number of allylic oxidation sites excluding steroid dienone is 1. The molecular formula is C12H18O. The molecule has 0 N–H and O–H groups in total. The van der Waals surface area contributed by atoms with Gasteiger partial charge >= 0.3 is 0 Å². The Morgan fingerprint density at radius 1 is 1.38 bits per heavy atom. The fraction of sp³-hybridized carbons (Fsp3) is 0.750. The van der Waals surface area contributed by atoms with Gasteiger partial charge in [-0.3, -0.25) is 4.79 Å². The number of ketones is 1. The molecule has 3 atom stereocenters. The Bertz CT molecular complexity index is 242. The first-order valence-electron chi connectivity index (χ1n) is 5.38. The lowest BCUT2D eigenvalue weighted by atomic mass is 9.74. The highest BCUT2D eigenvalue weighted by Crippen LogP contribution is 2.50. The zero-order valence-electron chi connectivity index (χ0n) is 8.38. The normalized spacial score (nSPS) is 38.8. The van der Waals surface area contributed by atoms with Crippen molar-refractivity contribution in [2.75, 3.05) is 0 Å². The van der Waals surface area contributed by atoms with Gasteiger partial charge in [0.25, 0.3) is 0 Å². The van der Waals surface area contributed by atoms with E-state index in [-0.39, 0.29) is 0 Å². The highest BCUT2D eigenvalue weighted by Gasteiger charge is 2.42. The molecule has 0 aromatic heterocycles. The van der Waals surface area contributed by atoms with Gasteiger partial charge in [0, 0.05) is 5.92 Å². The van der Waals surface area contributed by atoms with Gasteiger partial charge in [0.15, 0.2) is 0 Å². The molecule has 0 bridgehead atoms. The van der Waals surface area contributed by atoms with Crippen LogP contribution in [-0.4, -0.2) is 5.78 Å². The minimum Gasteiger partial charge on any atom is -0.300 e. The Balaban J connectivity index is 2.04. The van der Waals surface area contributed by atoms with Gasteiger partial charge in [-0.15, -0.1) is 0 Å². The molecule has 2 rings (SSSR count). The minimum atomic E-state index is 0.359. The van der Waals surface area contributed by atoms with Crippen LogP contribution < -0.4 is 0 Å². The molecule has 13 heavy (non-hydrogen) atoms. The largest absolute Gasteiger partial charge is 0.300 e. The molecule has 1 nitrogen and oxygen atoms in total. The van der Waals surface area contributed by atoms with Crippen LogP contribution in [0, 0.1) is 17.8 Å². The predicted molar refractivity (Wildman–Crippen MR) is 53.4 cm³/mol. The fourth-order valence-corrected chi connectivity index (χ4v) is 2.82. The van der Waals surface area contributed by atoms with Gasteiger partial charge in [-0.2, -0.15) is 0 Å². The maximum atomic E-state index is 11.4. The summed E-state index contributed by atoms with van der Waals surface area (Å²) < 4.78 is 0. The van der Waals surface area contributed by atoms with E-state index >= 15 is 0 Å². The zero-order valence-corrected chi connectivity index (χ0v) is 8.38. The summed E-state index contributed by atoms with van der Waals surface area (Å²) >= 11 is 0. The van der Waals surface area contributed by atoms with E-state index in [2.05, 4.69) is 6.58 Å². The maximum absolute atomic E-state index is 11.4. The average molecular weight is 178 g/mol. The summed E-state index contributed by atoms with van der Waals surface area (Å²) in [5.41, 5.74) is 1.39. The Morgan fingerprint density at radius 3 is 2.54 bits per heavy atom. The van der Waals surface area contributed by atoms with E-state index in [1.807, 2.05) is 0 Å². The summed E-state index contributed by atoms with van der Waals surface area (Å²) in [6, 6.07) is 0. The Hall–Kier alpha value is -0.590. The minimum absolute atomic E-state index is 0.359. The van der Waals surface area contributed by atoms with Gasteiger partial charge in [-0.1, -0.05) is 25.0 Å². The van der Waals surface area contributed by atoms with Crippen LogP contribution in [0.2, 0.25) is 0 Å². The number of carbonyl (C=O) groups is 1. The van der Waals surface area contributed by atoms with Crippen molar-refractivity contribution in [1.29, 1.82) is 0 Å². The molecule has 0 heterocycles. The Kier molecular flexibility index (Phi) is 2.27. The number of Topliss-reactive ketones (excluding diaryl/α,β-unsaturated/α-hetero) is 1. The summed E-state index contributed by atoms with van der Waals surface area (Å²) in [6.07, 6.45) is 6.14. The molecule has 2 saturated carbocycles. The summed E-state index contributed by atoms with van der Waals surface area (Å²) in [7, 11) is 0. The molecule has 2 fully saturated rings. The van der Waals surface area contributed by atoms with Gasteiger partial charge in [-0.05, 0) is 38.0 Å². The van der Waals surface area contributed by atoms with Gasteiger partial charge < -0.3 is 0 Å². The average Bonchev–Trinajstić information content (AvgIpc) is 2.82. The van der Waals surface area contributed by atoms with Gasteiger partial charge in [0.2, 0.25) is 0 Å². The van der Waals surface area contributed by atoms with Crippen LogP contribution in [0.25, 0.3) is 0 Å². The van der Waals surface area contributed by atoms with E-state index in [0.29, 0.717) is 23.5 Å². The fourth-order valence-electron chi connectivity index (χ4n) is 2.82. The van der Waals surface area contributed by atoms with Crippen LogP contribution >= 0.6 is 0 Å². The lowest BCUT2D eigenvalue weighted by Crippen LogP contribution is -2.26. The van der Waals surface area contributed by atoms with E-state index < -0.39 is 0 Å². The van der Waals surface area contributed by atoms with Gasteiger partial charge in [0.05, 0.1) is 0 Å². The number of carbonyl (C=O) groups excluding carboxylic acids is 1. The third kappa shape index (κ3) is 1.70. The van der Waals surface area contributed by atoms with Gasteiger partial charge in [-0.25, -0.2) is 0 Å². The quantitative estimate of drug-likeness (QED) is 0.594. The highest BCUT2D eigenvalue weighted by atomic mass is 16.1. The molecule has 72 valence electrons. The van der Waals surface area contributed by atoms with Crippen molar-refractivity contribution in [3.8, 4) is 0 Å². The smallest absolute Gasteiger partial charge is 0.133 e. The van der Waals surface area contributed by atoms with E-state index in [4.69, 9.17) is 0 Å². The van der Waals surface area contributed by atoms with Crippen LogP contribution in [0.1, 0.15) is 39.0 Å². The molecule has 0 spiro atoms. The van der Waals surface area contributed by atoms with Crippen LogP contribution in [0.3, 0.4) is 0 Å². The first-order chi connectivity index (χ1) is 6.20. The van der Waals surface area contributed by atoms with Crippen molar-refractivity contribution in [1.82, 2.24) is 0 Å². The van der Waals surface area contributed by atoms with Crippen molar-refractivity contribution < 1.29 is 4.79 Å². The van der Waals surface area contributed by atoms with E-state index in [1.54, 1.807) is 6.92 Å². The number of hydrogen-bond acceptors (Lipinski definition) is 1. The van der Waals surface area contributed by atoms with E-state index in [9.17, 15) is 4.79 Å². The molecule has 0 aliphatic heterocycles. The molecule has 1 heteroatoms. The molecule has 0 saturated heterocycles. The van der Waals surface area contributed by atoms with Crippen molar-refractivity contribution >= 4 is 5.78 Å². The zero-order chi connectivity index (χ0) is 9.42.